The maximum atomic E-state index is 12.8. The topological polar surface area (TPSA) is 132 Å². The summed E-state index contributed by atoms with van der Waals surface area (Å²) < 4.78 is 45.4. The summed E-state index contributed by atoms with van der Waals surface area (Å²) in [6.45, 7) is 4.36. The second-order valence-corrected chi connectivity index (χ2v) is 14.8. The van der Waals surface area contributed by atoms with E-state index in [0.29, 0.717) is 5.56 Å². The number of thiol groups is 1. The van der Waals surface area contributed by atoms with E-state index in [4.69, 9.17) is 0 Å². The van der Waals surface area contributed by atoms with Crippen molar-refractivity contribution in [3.8, 4) is 20.2 Å². The van der Waals surface area contributed by atoms with Gasteiger partial charge in [-0.25, -0.2) is 22.3 Å². The van der Waals surface area contributed by atoms with E-state index in [9.17, 15) is 22.2 Å². The number of carbonyl (C=O) groups is 2. The van der Waals surface area contributed by atoms with E-state index >= 15 is 0 Å². The summed E-state index contributed by atoms with van der Waals surface area (Å²) in [4.78, 5) is 32.9. The minimum atomic E-state index is -3.88. The molecule has 1 unspecified atom stereocenters. The highest BCUT2D eigenvalue weighted by Crippen LogP contribution is 2.43. The molecule has 9 nitrogen and oxygen atoms in total. The van der Waals surface area contributed by atoms with E-state index < -0.39 is 32.7 Å². The zero-order chi connectivity index (χ0) is 30.7. The van der Waals surface area contributed by atoms with E-state index in [1.54, 1.807) is 22.7 Å². The molecule has 0 aliphatic rings. The van der Waals surface area contributed by atoms with Crippen molar-refractivity contribution < 1.29 is 26.4 Å². The fraction of sp³-hybridized carbons (Fsp3) is 0.483. The predicted octanol–water partition coefficient (Wildman–Crippen LogP) is 6.84. The number of nitrogens with zero attached hydrogens (tertiary/aromatic N) is 2. The van der Waals surface area contributed by atoms with Gasteiger partial charge in [0, 0.05) is 14.6 Å². The standard InChI is InChI=1S/C29H39N3O6S4/c1-5-7-9-11-13-20-15-16-39-27(20)25-19-21(14-12-10-8-6-2)26(40-25)22-17-23(28(33)31-41(35)38-3)30-24(18-22)29(34)32-42(4,36)37/h15-19,41H,5-14H2,1-4H3,(H,32,34). The highest BCUT2D eigenvalue weighted by atomic mass is 32.2. The highest BCUT2D eigenvalue weighted by Gasteiger charge is 2.22. The van der Waals surface area contributed by atoms with Crippen LogP contribution in [0.4, 0.5) is 0 Å². The molecule has 0 fully saturated rings. The first-order valence-electron chi connectivity index (χ1n) is 14.1. The molecule has 1 atom stereocenters. The normalized spacial score (nSPS) is 12.5. The first-order chi connectivity index (χ1) is 20.1. The molecule has 230 valence electrons. The maximum Gasteiger partial charge on any atom is 0.305 e. The van der Waals surface area contributed by atoms with E-state index in [1.807, 2.05) is 4.72 Å². The van der Waals surface area contributed by atoms with Crippen LogP contribution in [-0.4, -0.2) is 42.8 Å². The second-order valence-electron chi connectivity index (χ2n) is 10.0. The lowest BCUT2D eigenvalue weighted by atomic mass is 10.0. The van der Waals surface area contributed by atoms with Crippen molar-refractivity contribution in [3.05, 3.63) is 52.2 Å². The molecule has 3 aromatic heterocycles. The van der Waals surface area contributed by atoms with Crippen LogP contribution in [0.25, 0.3) is 20.2 Å². The number of nitrogens with one attached hydrogen (secondary N) is 1. The number of carbonyl (C=O) groups excluding carboxylic acids is 2. The van der Waals surface area contributed by atoms with E-state index in [0.717, 1.165) is 73.6 Å². The Morgan fingerprint density at radius 3 is 2.21 bits per heavy atom. The third-order valence-corrected chi connectivity index (χ3v) is 10.1. The van der Waals surface area contributed by atoms with Crippen molar-refractivity contribution in [2.45, 2.75) is 78.1 Å². The van der Waals surface area contributed by atoms with E-state index in [-0.39, 0.29) is 11.4 Å². The Morgan fingerprint density at radius 2 is 1.60 bits per heavy atom. The van der Waals surface area contributed by atoms with Gasteiger partial charge in [-0.3, -0.25) is 13.8 Å². The van der Waals surface area contributed by atoms with Crippen molar-refractivity contribution in [1.82, 2.24) is 9.71 Å². The van der Waals surface area contributed by atoms with Gasteiger partial charge in [-0.2, -0.15) is 0 Å². The summed E-state index contributed by atoms with van der Waals surface area (Å²) in [5, 5.41) is 2.11. The number of thiophene rings is 2. The van der Waals surface area contributed by atoms with Gasteiger partial charge in [0.05, 0.1) is 13.4 Å². The van der Waals surface area contributed by atoms with Crippen LogP contribution in [0.2, 0.25) is 0 Å². The molecule has 0 saturated heterocycles. The Bertz CT molecular complexity index is 1570. The monoisotopic (exact) mass is 653 g/mol. The Balaban J connectivity index is 2.13. The van der Waals surface area contributed by atoms with Crippen LogP contribution in [-0.2, 0) is 37.9 Å². The molecule has 42 heavy (non-hydrogen) atoms. The zero-order valence-electron chi connectivity index (χ0n) is 24.5. The molecule has 3 rings (SSSR count). The molecule has 3 aromatic rings. The first-order valence-corrected chi connectivity index (χ1v) is 18.8. The molecule has 0 saturated carbocycles. The van der Waals surface area contributed by atoms with Crippen LogP contribution in [0.3, 0.4) is 0 Å². The molecule has 0 radical (unpaired) electrons. The van der Waals surface area contributed by atoms with Crippen molar-refractivity contribution in [2.75, 3.05) is 13.4 Å². The molecule has 0 aliphatic carbocycles. The van der Waals surface area contributed by atoms with Crippen molar-refractivity contribution >= 4 is 55.4 Å². The third-order valence-electron chi connectivity index (χ3n) is 6.52. The number of rotatable bonds is 16. The summed E-state index contributed by atoms with van der Waals surface area (Å²) in [5.41, 5.74) is 2.44. The molecule has 13 heteroatoms. The second kappa shape index (κ2) is 16.4. The van der Waals surface area contributed by atoms with Gasteiger partial charge < -0.3 is 0 Å². The number of aryl methyl sites for hydroxylation is 2. The van der Waals surface area contributed by atoms with Crippen LogP contribution in [0.15, 0.2) is 34.0 Å². The van der Waals surface area contributed by atoms with Crippen LogP contribution >= 0.6 is 22.7 Å². The van der Waals surface area contributed by atoms with Crippen molar-refractivity contribution in [1.29, 1.82) is 0 Å². The molecule has 0 aromatic carbocycles. The lowest BCUT2D eigenvalue weighted by molar-refractivity contribution is 0.0976. The van der Waals surface area contributed by atoms with Gasteiger partial charge in [-0.1, -0.05) is 52.4 Å². The van der Waals surface area contributed by atoms with Gasteiger partial charge in [0.1, 0.15) is 11.4 Å². The van der Waals surface area contributed by atoms with E-state index in [2.05, 4.69) is 44.9 Å². The number of hydrogen-bond donors (Lipinski definition) is 2. The Kier molecular flexibility index (Phi) is 13.3. The molecule has 1 N–H and O–H groups in total. The van der Waals surface area contributed by atoms with E-state index in [1.165, 1.54) is 41.8 Å². The van der Waals surface area contributed by atoms with Gasteiger partial charge in [0.25, 0.3) is 5.91 Å². The third kappa shape index (κ3) is 10.1. The summed E-state index contributed by atoms with van der Waals surface area (Å²) in [5.74, 6) is -1.90. The Morgan fingerprint density at radius 1 is 0.952 bits per heavy atom. The molecule has 0 spiro atoms. The van der Waals surface area contributed by atoms with Crippen molar-refractivity contribution in [3.63, 3.8) is 0 Å². The minimum absolute atomic E-state index is 0.230. The molecular weight excluding hydrogens is 615 g/mol. The first kappa shape index (κ1) is 34.0. The largest absolute Gasteiger partial charge is 0.305 e. The van der Waals surface area contributed by atoms with Gasteiger partial charge in [-0.15, -0.1) is 27.0 Å². The lowest BCUT2D eigenvalue weighted by Gasteiger charge is -2.09. The molecule has 2 amide bonds. The fourth-order valence-electron chi connectivity index (χ4n) is 4.48. The number of amides is 2. The predicted molar refractivity (Wildman–Crippen MR) is 172 cm³/mol. The summed E-state index contributed by atoms with van der Waals surface area (Å²) in [6, 6.07) is 7.37. The average Bonchev–Trinajstić information content (AvgIpc) is 3.59. The van der Waals surface area contributed by atoms with Crippen LogP contribution in [0, 0.1) is 0 Å². The highest BCUT2D eigenvalue weighted by molar-refractivity contribution is 7.89. The molecule has 0 bridgehead atoms. The number of sulfonamides is 1. The van der Waals surface area contributed by atoms with Crippen molar-refractivity contribution in [2.24, 2.45) is 4.36 Å². The summed E-state index contributed by atoms with van der Waals surface area (Å²) in [6.07, 6.45) is 11.7. The van der Waals surface area contributed by atoms with Crippen LogP contribution in [0.5, 0.6) is 0 Å². The zero-order valence-corrected chi connectivity index (χ0v) is 27.8. The smallest absolute Gasteiger partial charge is 0.290 e. The Labute approximate surface area is 258 Å². The maximum absolute atomic E-state index is 12.8. The average molecular weight is 654 g/mol. The SMILES string of the molecule is CCCCCCc1cc(-c2sccc2CCCCCC)sc1-c1cc(C(=O)N=[SH](=O)OC)nc(C(=O)NS(C)(=O)=O)c1. The van der Waals surface area contributed by atoms with Crippen LogP contribution in [0.1, 0.15) is 97.3 Å². The molecule has 0 aliphatic heterocycles. The fourth-order valence-corrected chi connectivity index (χ4v) is 7.56. The van der Waals surface area contributed by atoms with Gasteiger partial charge in [-0.05, 0) is 72.0 Å². The molecule has 3 heterocycles. The number of aromatic nitrogens is 1. The number of hydrogen-bond acceptors (Lipinski definition) is 9. The quantitative estimate of drug-likeness (QED) is 0.128. The summed E-state index contributed by atoms with van der Waals surface area (Å²) >= 11 is 3.27. The minimum Gasteiger partial charge on any atom is -0.290 e. The summed E-state index contributed by atoms with van der Waals surface area (Å²) in [7, 11) is -5.34. The lowest BCUT2D eigenvalue weighted by Crippen LogP contribution is -2.30. The number of pyridine rings is 1. The Hall–Kier alpha value is -2.45. The van der Waals surface area contributed by atoms with Gasteiger partial charge in [0.15, 0.2) is 10.9 Å². The van der Waals surface area contributed by atoms with Gasteiger partial charge in [0.2, 0.25) is 10.0 Å². The number of unbranched alkanes of at least 4 members (excludes halogenated alkanes) is 6. The van der Waals surface area contributed by atoms with Gasteiger partial charge >= 0.3 is 5.91 Å². The molecular formula is C29H39N3O6S4. The van der Waals surface area contributed by atoms with Crippen LogP contribution < -0.4 is 4.72 Å².